The van der Waals surface area contributed by atoms with Crippen molar-refractivity contribution in [3.8, 4) is 0 Å². The van der Waals surface area contributed by atoms with Gasteiger partial charge in [0.25, 0.3) is 0 Å². The Labute approximate surface area is 175 Å². The Balaban J connectivity index is 2.48. The van der Waals surface area contributed by atoms with Crippen LogP contribution in [-0.4, -0.2) is 34.4 Å². The molecule has 164 valence electrons. The smallest absolute Gasteiger partial charge is 0.303 e. The fraction of sp³-hybridized carbons (Fsp3) is 0.750. The van der Waals surface area contributed by atoms with Crippen LogP contribution < -0.4 is 0 Å². The largest absolute Gasteiger partial charge is 0.460 e. The molecule has 2 aliphatic rings. The second-order valence-electron chi connectivity index (χ2n) is 10.0. The van der Waals surface area contributed by atoms with E-state index in [0.717, 1.165) is 19.3 Å². The van der Waals surface area contributed by atoms with Gasteiger partial charge in [0.2, 0.25) is 0 Å². The predicted molar refractivity (Wildman–Crippen MR) is 113 cm³/mol. The van der Waals surface area contributed by atoms with Crippen LogP contribution in [0.2, 0.25) is 0 Å². The normalized spacial score (nSPS) is 40.3. The summed E-state index contributed by atoms with van der Waals surface area (Å²) in [6.45, 7) is 12.9. The third-order valence-electron chi connectivity index (χ3n) is 6.68. The molecule has 0 aliphatic heterocycles. The number of hydrogen-bond donors (Lipinski definition) is 1. The number of aliphatic hydroxyl groups excluding tert-OH is 1. The zero-order chi connectivity index (χ0) is 22.0. The SMILES string of the molecule is CC(=O)OC(C)(C)C1CC[C@]2(C)/C=C/[C@H](C)C/C=C/[C@@](C)(OC(C)=O)C[C@H](O)C12. The first kappa shape index (κ1) is 23.7. The Morgan fingerprint density at radius 1 is 1.14 bits per heavy atom. The summed E-state index contributed by atoms with van der Waals surface area (Å²) in [6.07, 6.45) is 10.6. The van der Waals surface area contributed by atoms with Crippen molar-refractivity contribution in [3.05, 3.63) is 24.3 Å². The third kappa shape index (κ3) is 5.71. The first-order valence-corrected chi connectivity index (χ1v) is 10.7. The zero-order valence-electron chi connectivity index (χ0n) is 19.0. The van der Waals surface area contributed by atoms with Gasteiger partial charge in [-0.1, -0.05) is 32.1 Å². The van der Waals surface area contributed by atoms with E-state index in [0.29, 0.717) is 12.3 Å². The van der Waals surface area contributed by atoms with E-state index in [1.165, 1.54) is 13.8 Å². The van der Waals surface area contributed by atoms with Gasteiger partial charge in [0.1, 0.15) is 11.2 Å². The number of carbonyl (C=O) groups excluding carboxylic acids is 2. The van der Waals surface area contributed by atoms with Crippen molar-refractivity contribution in [2.45, 2.75) is 91.5 Å². The molecule has 0 spiro atoms. The number of hydrogen-bond acceptors (Lipinski definition) is 5. The van der Waals surface area contributed by atoms with E-state index in [1.54, 1.807) is 0 Å². The Hall–Kier alpha value is -1.62. The van der Waals surface area contributed by atoms with Gasteiger partial charge in [-0.05, 0) is 57.4 Å². The summed E-state index contributed by atoms with van der Waals surface area (Å²) in [7, 11) is 0. The Morgan fingerprint density at radius 3 is 2.38 bits per heavy atom. The summed E-state index contributed by atoms with van der Waals surface area (Å²) in [5.41, 5.74) is -1.80. The van der Waals surface area contributed by atoms with E-state index in [1.807, 2.05) is 32.9 Å². The van der Waals surface area contributed by atoms with Crippen LogP contribution in [0.4, 0.5) is 0 Å². The number of fused-ring (bicyclic) bond motifs is 1. The van der Waals surface area contributed by atoms with Crippen LogP contribution in [0.15, 0.2) is 24.3 Å². The van der Waals surface area contributed by atoms with Crippen LogP contribution in [0.3, 0.4) is 0 Å². The summed E-state index contributed by atoms with van der Waals surface area (Å²) in [5.74, 6) is -0.469. The molecule has 6 atom stereocenters. The molecule has 5 nitrogen and oxygen atoms in total. The van der Waals surface area contributed by atoms with Gasteiger partial charge in [0, 0.05) is 32.1 Å². The van der Waals surface area contributed by atoms with E-state index >= 15 is 0 Å². The van der Waals surface area contributed by atoms with Crippen molar-refractivity contribution < 1.29 is 24.2 Å². The average molecular weight is 407 g/mol. The maximum atomic E-state index is 11.7. The highest BCUT2D eigenvalue weighted by Crippen LogP contribution is 2.55. The van der Waals surface area contributed by atoms with Gasteiger partial charge in [-0.15, -0.1) is 0 Å². The Bertz CT molecular complexity index is 679. The number of esters is 2. The molecule has 29 heavy (non-hydrogen) atoms. The lowest BCUT2D eigenvalue weighted by Crippen LogP contribution is -2.47. The van der Waals surface area contributed by atoms with Gasteiger partial charge in [0.15, 0.2) is 0 Å². The van der Waals surface area contributed by atoms with E-state index < -0.39 is 17.3 Å². The van der Waals surface area contributed by atoms with Gasteiger partial charge in [-0.3, -0.25) is 9.59 Å². The van der Waals surface area contributed by atoms with Crippen LogP contribution in [0.25, 0.3) is 0 Å². The summed E-state index contributed by atoms with van der Waals surface area (Å²) in [5, 5.41) is 11.4. The van der Waals surface area contributed by atoms with Gasteiger partial charge in [-0.25, -0.2) is 0 Å². The fourth-order valence-electron chi connectivity index (χ4n) is 5.41. The molecule has 2 aliphatic carbocycles. The van der Waals surface area contributed by atoms with Crippen LogP contribution in [0.1, 0.15) is 74.1 Å². The van der Waals surface area contributed by atoms with Gasteiger partial charge < -0.3 is 14.6 Å². The van der Waals surface area contributed by atoms with E-state index in [2.05, 4.69) is 26.0 Å². The zero-order valence-corrected chi connectivity index (χ0v) is 19.0. The molecular formula is C24H38O5. The van der Waals surface area contributed by atoms with Crippen LogP contribution in [-0.2, 0) is 19.1 Å². The summed E-state index contributed by atoms with van der Waals surface area (Å²) < 4.78 is 11.3. The molecule has 2 unspecified atom stereocenters. The fourth-order valence-corrected chi connectivity index (χ4v) is 5.41. The van der Waals surface area contributed by atoms with Crippen molar-refractivity contribution in [2.24, 2.45) is 23.2 Å². The molecule has 1 fully saturated rings. The summed E-state index contributed by atoms with van der Waals surface area (Å²) >= 11 is 0. The lowest BCUT2D eigenvalue weighted by atomic mass is 9.68. The van der Waals surface area contributed by atoms with Crippen LogP contribution in [0, 0.1) is 23.2 Å². The molecule has 1 saturated carbocycles. The van der Waals surface area contributed by atoms with Gasteiger partial charge >= 0.3 is 11.9 Å². The minimum absolute atomic E-state index is 0.00216. The highest BCUT2D eigenvalue weighted by molar-refractivity contribution is 5.67. The summed E-state index contributed by atoms with van der Waals surface area (Å²) in [4.78, 5) is 23.4. The summed E-state index contributed by atoms with van der Waals surface area (Å²) in [6, 6.07) is 0. The topological polar surface area (TPSA) is 72.8 Å². The van der Waals surface area contributed by atoms with Crippen molar-refractivity contribution >= 4 is 11.9 Å². The first-order valence-electron chi connectivity index (χ1n) is 10.7. The molecule has 0 aromatic rings. The van der Waals surface area contributed by atoms with Crippen molar-refractivity contribution in [1.82, 2.24) is 0 Å². The van der Waals surface area contributed by atoms with E-state index in [4.69, 9.17) is 9.47 Å². The number of allylic oxidation sites excluding steroid dienone is 3. The number of ether oxygens (including phenoxy) is 2. The lowest BCUT2D eigenvalue weighted by Gasteiger charge is -2.43. The molecule has 0 saturated heterocycles. The quantitative estimate of drug-likeness (QED) is 0.548. The Kier molecular flexibility index (Phi) is 7.04. The maximum absolute atomic E-state index is 11.7. The maximum Gasteiger partial charge on any atom is 0.303 e. The third-order valence-corrected chi connectivity index (χ3v) is 6.68. The standard InChI is InChI=1S/C24H38O5/c1-16-9-8-12-24(7,29-18(3)26)15-20(27)21-19(22(4,5)28-17(2)25)11-14-23(21,6)13-10-16/h8,10,12-13,16,19-21,27H,9,11,14-15H2,1-7H3/b12-8+,13-10+/t16-,19?,20+,21?,23+,24-/m1/s1. The number of aliphatic hydroxyl groups is 1. The van der Waals surface area contributed by atoms with E-state index in [9.17, 15) is 14.7 Å². The molecule has 2 rings (SSSR count). The monoisotopic (exact) mass is 406 g/mol. The second-order valence-corrected chi connectivity index (χ2v) is 10.0. The molecule has 5 heteroatoms. The molecule has 0 bridgehead atoms. The Morgan fingerprint density at radius 2 is 1.79 bits per heavy atom. The van der Waals surface area contributed by atoms with Crippen molar-refractivity contribution in [1.29, 1.82) is 0 Å². The van der Waals surface area contributed by atoms with Gasteiger partial charge in [-0.2, -0.15) is 0 Å². The number of rotatable bonds is 3. The number of carbonyl (C=O) groups is 2. The molecule has 0 heterocycles. The van der Waals surface area contributed by atoms with Crippen molar-refractivity contribution in [3.63, 3.8) is 0 Å². The molecule has 0 aromatic heterocycles. The molecule has 1 N–H and O–H groups in total. The first-order chi connectivity index (χ1) is 13.3. The second kappa shape index (κ2) is 8.63. The molecular weight excluding hydrogens is 368 g/mol. The predicted octanol–water partition coefficient (Wildman–Crippen LogP) is 4.59. The lowest BCUT2D eigenvalue weighted by molar-refractivity contribution is -0.166. The highest BCUT2D eigenvalue weighted by Gasteiger charge is 2.54. The van der Waals surface area contributed by atoms with Crippen molar-refractivity contribution in [2.75, 3.05) is 0 Å². The molecule has 0 amide bonds. The minimum Gasteiger partial charge on any atom is -0.460 e. The average Bonchev–Trinajstić information content (AvgIpc) is 2.88. The van der Waals surface area contributed by atoms with Crippen LogP contribution >= 0.6 is 0 Å². The van der Waals surface area contributed by atoms with E-state index in [-0.39, 0.29) is 29.2 Å². The van der Waals surface area contributed by atoms with Gasteiger partial charge in [0.05, 0.1) is 6.10 Å². The molecule has 0 aromatic carbocycles. The highest BCUT2D eigenvalue weighted by atomic mass is 16.6. The minimum atomic E-state index is -0.880. The molecule has 0 radical (unpaired) electrons. The van der Waals surface area contributed by atoms with Crippen LogP contribution in [0.5, 0.6) is 0 Å².